The molecule has 5 heteroatoms. The van der Waals surface area contributed by atoms with Crippen LogP contribution in [0.5, 0.6) is 0 Å². The molecule has 0 fully saturated rings. The summed E-state index contributed by atoms with van der Waals surface area (Å²) in [7, 11) is 0. The molecule has 0 aliphatic carbocycles. The molecule has 0 heterocycles. The normalized spacial score (nSPS) is 10.2. The lowest BCUT2D eigenvalue weighted by molar-refractivity contribution is 0.241. The fourth-order valence-corrected chi connectivity index (χ4v) is 1.98. The standard InChI is InChI=1S/C13H18Cl2N2O/c1-2-3-7-16-13(18)17-8-6-10-4-5-11(14)9-12(10)15/h4-5,9H,2-3,6-8H2,1H3,(H2,16,17,18). The van der Waals surface area contributed by atoms with E-state index in [1.807, 2.05) is 6.07 Å². The van der Waals surface area contributed by atoms with E-state index >= 15 is 0 Å². The first-order valence-corrected chi connectivity index (χ1v) is 6.84. The van der Waals surface area contributed by atoms with Gasteiger partial charge in [0.15, 0.2) is 0 Å². The summed E-state index contributed by atoms with van der Waals surface area (Å²) in [5.41, 5.74) is 0.981. The van der Waals surface area contributed by atoms with Gasteiger partial charge in [0.25, 0.3) is 0 Å². The van der Waals surface area contributed by atoms with Crippen molar-refractivity contribution in [1.82, 2.24) is 10.6 Å². The van der Waals surface area contributed by atoms with Gasteiger partial charge in [-0.1, -0.05) is 42.6 Å². The van der Waals surface area contributed by atoms with Crippen LogP contribution in [0.3, 0.4) is 0 Å². The Kier molecular flexibility index (Phi) is 6.91. The molecule has 2 N–H and O–H groups in total. The van der Waals surface area contributed by atoms with Gasteiger partial charge in [0.1, 0.15) is 0 Å². The zero-order valence-corrected chi connectivity index (χ0v) is 11.9. The second-order valence-corrected chi connectivity index (χ2v) is 4.87. The molecule has 0 radical (unpaired) electrons. The van der Waals surface area contributed by atoms with Gasteiger partial charge in [0.2, 0.25) is 0 Å². The van der Waals surface area contributed by atoms with Gasteiger partial charge in [-0.2, -0.15) is 0 Å². The van der Waals surface area contributed by atoms with E-state index in [1.54, 1.807) is 12.1 Å². The van der Waals surface area contributed by atoms with E-state index in [4.69, 9.17) is 23.2 Å². The number of carbonyl (C=O) groups excluding carboxylic acids is 1. The van der Waals surface area contributed by atoms with Crippen molar-refractivity contribution in [3.8, 4) is 0 Å². The Hall–Kier alpha value is -0.930. The minimum atomic E-state index is -0.131. The van der Waals surface area contributed by atoms with E-state index in [0.717, 1.165) is 18.4 Å². The van der Waals surface area contributed by atoms with Crippen LogP contribution >= 0.6 is 23.2 Å². The molecule has 0 unspecified atom stereocenters. The summed E-state index contributed by atoms with van der Waals surface area (Å²) in [6.45, 7) is 3.35. The molecular weight excluding hydrogens is 271 g/mol. The molecule has 0 saturated heterocycles. The molecular formula is C13H18Cl2N2O. The largest absolute Gasteiger partial charge is 0.338 e. The third kappa shape index (κ3) is 5.61. The van der Waals surface area contributed by atoms with Crippen molar-refractivity contribution < 1.29 is 4.79 Å². The highest BCUT2D eigenvalue weighted by atomic mass is 35.5. The highest BCUT2D eigenvalue weighted by molar-refractivity contribution is 6.35. The first-order chi connectivity index (χ1) is 8.63. The summed E-state index contributed by atoms with van der Waals surface area (Å²) < 4.78 is 0. The minimum Gasteiger partial charge on any atom is -0.338 e. The lowest BCUT2D eigenvalue weighted by Gasteiger charge is -2.08. The molecule has 0 bridgehead atoms. The molecule has 3 nitrogen and oxygen atoms in total. The zero-order chi connectivity index (χ0) is 13.4. The molecule has 2 amide bonds. The van der Waals surface area contributed by atoms with E-state index < -0.39 is 0 Å². The molecule has 0 aliphatic heterocycles. The van der Waals surface area contributed by atoms with E-state index in [9.17, 15) is 4.79 Å². The maximum Gasteiger partial charge on any atom is 0.314 e. The number of carbonyl (C=O) groups is 1. The molecule has 0 aliphatic rings. The fraction of sp³-hybridized carbons (Fsp3) is 0.462. The van der Waals surface area contributed by atoms with E-state index in [1.165, 1.54) is 0 Å². The third-order valence-corrected chi connectivity index (χ3v) is 3.10. The van der Waals surface area contributed by atoms with Crippen LogP contribution in [0.4, 0.5) is 4.79 Å². The van der Waals surface area contributed by atoms with E-state index in [2.05, 4.69) is 17.6 Å². The van der Waals surface area contributed by atoms with Crippen LogP contribution < -0.4 is 10.6 Å². The van der Waals surface area contributed by atoms with Crippen LogP contribution in [0.15, 0.2) is 18.2 Å². The van der Waals surface area contributed by atoms with Crippen molar-refractivity contribution >= 4 is 29.2 Å². The van der Waals surface area contributed by atoms with Crippen molar-refractivity contribution in [2.24, 2.45) is 0 Å². The Morgan fingerprint density at radius 1 is 1.22 bits per heavy atom. The molecule has 1 aromatic rings. The van der Waals surface area contributed by atoms with Gasteiger partial charge >= 0.3 is 6.03 Å². The third-order valence-electron chi connectivity index (χ3n) is 2.51. The number of rotatable bonds is 6. The monoisotopic (exact) mass is 288 g/mol. The van der Waals surface area contributed by atoms with Gasteiger partial charge in [0, 0.05) is 23.1 Å². The molecule has 0 aromatic heterocycles. The van der Waals surface area contributed by atoms with Crippen molar-refractivity contribution in [1.29, 1.82) is 0 Å². The minimum absolute atomic E-state index is 0.131. The fourth-order valence-electron chi connectivity index (χ4n) is 1.48. The Morgan fingerprint density at radius 3 is 2.61 bits per heavy atom. The first kappa shape index (κ1) is 15.1. The van der Waals surface area contributed by atoms with E-state index in [0.29, 0.717) is 29.6 Å². The van der Waals surface area contributed by atoms with E-state index in [-0.39, 0.29) is 6.03 Å². The number of nitrogens with one attached hydrogen (secondary N) is 2. The van der Waals surface area contributed by atoms with Crippen molar-refractivity contribution in [2.75, 3.05) is 13.1 Å². The van der Waals surface area contributed by atoms with Crippen LogP contribution in [-0.2, 0) is 6.42 Å². The average Bonchev–Trinajstić information content (AvgIpc) is 2.32. The number of amides is 2. The lowest BCUT2D eigenvalue weighted by Crippen LogP contribution is -2.37. The maximum atomic E-state index is 11.4. The first-order valence-electron chi connectivity index (χ1n) is 6.09. The topological polar surface area (TPSA) is 41.1 Å². The van der Waals surface area contributed by atoms with Crippen molar-refractivity contribution in [3.63, 3.8) is 0 Å². The predicted octanol–water partition coefficient (Wildman–Crippen LogP) is 3.64. The van der Waals surface area contributed by atoms with Crippen LogP contribution in [-0.4, -0.2) is 19.1 Å². The maximum absolute atomic E-state index is 11.4. The Bertz CT molecular complexity index is 397. The molecule has 0 saturated carbocycles. The second kappa shape index (κ2) is 8.22. The van der Waals surface area contributed by atoms with Gasteiger partial charge in [0.05, 0.1) is 0 Å². The SMILES string of the molecule is CCCCNC(=O)NCCc1ccc(Cl)cc1Cl. The van der Waals surface area contributed by atoms with Crippen molar-refractivity contribution in [3.05, 3.63) is 33.8 Å². The molecule has 1 rings (SSSR count). The summed E-state index contributed by atoms with van der Waals surface area (Å²) in [6, 6.07) is 5.25. The Balaban J connectivity index is 2.26. The number of hydrogen-bond acceptors (Lipinski definition) is 1. The molecule has 100 valence electrons. The van der Waals surface area contributed by atoms with Crippen LogP contribution in [0.1, 0.15) is 25.3 Å². The van der Waals surface area contributed by atoms with Gasteiger partial charge in [-0.3, -0.25) is 0 Å². The van der Waals surface area contributed by atoms with Gasteiger partial charge in [-0.25, -0.2) is 4.79 Å². The molecule has 18 heavy (non-hydrogen) atoms. The van der Waals surface area contributed by atoms with Gasteiger partial charge in [-0.05, 0) is 30.5 Å². The predicted molar refractivity (Wildman–Crippen MR) is 76.5 cm³/mol. The van der Waals surface area contributed by atoms with Crippen LogP contribution in [0.2, 0.25) is 10.0 Å². The number of unbranched alkanes of at least 4 members (excludes halogenated alkanes) is 1. The lowest BCUT2D eigenvalue weighted by atomic mass is 10.1. The molecule has 0 atom stereocenters. The number of hydrogen-bond donors (Lipinski definition) is 2. The van der Waals surface area contributed by atoms with Gasteiger partial charge < -0.3 is 10.6 Å². The summed E-state index contributed by atoms with van der Waals surface area (Å²) in [4.78, 5) is 11.4. The van der Waals surface area contributed by atoms with Crippen LogP contribution in [0, 0.1) is 0 Å². The smallest absolute Gasteiger partial charge is 0.314 e. The average molecular weight is 289 g/mol. The summed E-state index contributed by atoms with van der Waals surface area (Å²) in [5, 5.41) is 6.83. The van der Waals surface area contributed by atoms with Crippen molar-refractivity contribution in [2.45, 2.75) is 26.2 Å². The Morgan fingerprint density at radius 2 is 1.94 bits per heavy atom. The summed E-state index contributed by atoms with van der Waals surface area (Å²) in [5.74, 6) is 0. The molecule has 0 spiro atoms. The highest BCUT2D eigenvalue weighted by Crippen LogP contribution is 2.20. The van der Waals surface area contributed by atoms with Gasteiger partial charge in [-0.15, -0.1) is 0 Å². The number of urea groups is 1. The summed E-state index contributed by atoms with van der Waals surface area (Å²) in [6.07, 6.45) is 2.76. The summed E-state index contributed by atoms with van der Waals surface area (Å²) >= 11 is 11.8. The Labute approximate surface area is 118 Å². The molecule has 1 aromatic carbocycles. The highest BCUT2D eigenvalue weighted by Gasteiger charge is 2.03. The zero-order valence-electron chi connectivity index (χ0n) is 10.4. The number of benzene rings is 1. The van der Waals surface area contributed by atoms with Crippen LogP contribution in [0.25, 0.3) is 0 Å². The number of halogens is 2. The second-order valence-electron chi connectivity index (χ2n) is 4.02. The quantitative estimate of drug-likeness (QED) is 0.771.